The number of piperazine rings is 1. The highest BCUT2D eigenvalue weighted by molar-refractivity contribution is 6.35. The molecule has 0 spiro atoms. The number of nitrogens with one attached hydrogen (secondary N) is 3. The minimum absolute atomic E-state index is 0.0820. The van der Waals surface area contributed by atoms with E-state index in [1.165, 1.54) is 0 Å². The molecular weight excluding hydrogens is 755 g/mol. The molecule has 2 saturated heterocycles. The number of ether oxygens (including phenoxy) is 1. The van der Waals surface area contributed by atoms with Crippen LogP contribution in [0.15, 0.2) is 96.9 Å². The molecule has 12 heteroatoms. The van der Waals surface area contributed by atoms with Gasteiger partial charge in [0.2, 0.25) is 5.91 Å². The van der Waals surface area contributed by atoms with E-state index in [2.05, 4.69) is 48.2 Å². The van der Waals surface area contributed by atoms with Crippen LogP contribution < -0.4 is 20.3 Å². The fourth-order valence-electron chi connectivity index (χ4n) is 8.56. The van der Waals surface area contributed by atoms with Crippen molar-refractivity contribution in [3.8, 4) is 5.75 Å². The molecule has 4 aromatic carbocycles. The van der Waals surface area contributed by atoms with E-state index in [1.807, 2.05) is 72.9 Å². The van der Waals surface area contributed by atoms with E-state index in [0.29, 0.717) is 51.3 Å². The number of benzene rings is 4. The maximum atomic E-state index is 14.9. The first kappa shape index (κ1) is 35.5. The van der Waals surface area contributed by atoms with Crippen LogP contribution in [0.2, 0.25) is 15.1 Å². The summed E-state index contributed by atoms with van der Waals surface area (Å²) in [7, 11) is 1.62. The zero-order valence-corrected chi connectivity index (χ0v) is 32.2. The van der Waals surface area contributed by atoms with Crippen molar-refractivity contribution in [1.29, 1.82) is 0 Å². The molecule has 4 aliphatic rings. The Kier molecular flexibility index (Phi) is 9.37. The zero-order valence-electron chi connectivity index (χ0n) is 30.0. The van der Waals surface area contributed by atoms with Crippen LogP contribution in [-0.2, 0) is 4.79 Å². The summed E-state index contributed by atoms with van der Waals surface area (Å²) >= 11 is 20.2. The number of allylic oxidation sites excluding steroid dienone is 2. The molecular formula is C43H37Cl3N6O3. The predicted octanol–water partition coefficient (Wildman–Crippen LogP) is 8.75. The predicted molar refractivity (Wildman–Crippen MR) is 220 cm³/mol. The third kappa shape index (κ3) is 6.46. The summed E-state index contributed by atoms with van der Waals surface area (Å²) in [6.45, 7) is 3.55. The Labute approximate surface area is 333 Å². The van der Waals surface area contributed by atoms with Gasteiger partial charge in [0, 0.05) is 81.6 Å². The number of aromatic nitrogens is 1. The second-order valence-corrected chi connectivity index (χ2v) is 15.5. The summed E-state index contributed by atoms with van der Waals surface area (Å²) in [5.41, 5.74) is 11.3. The molecule has 5 aromatic rings. The number of carbonyl (C=O) groups is 2. The van der Waals surface area contributed by atoms with Gasteiger partial charge in [0.25, 0.3) is 5.91 Å². The van der Waals surface area contributed by atoms with E-state index in [-0.39, 0.29) is 11.8 Å². The number of carbonyl (C=O) groups excluding carboxylic acids is 2. The summed E-state index contributed by atoms with van der Waals surface area (Å²) in [6.07, 6.45) is 5.69. The molecule has 3 N–H and O–H groups in total. The molecule has 1 unspecified atom stereocenters. The highest BCUT2D eigenvalue weighted by atomic mass is 35.5. The molecule has 1 aromatic heterocycles. The van der Waals surface area contributed by atoms with Gasteiger partial charge >= 0.3 is 0 Å². The topological polar surface area (TPSA) is 92.9 Å². The van der Waals surface area contributed by atoms with Crippen molar-refractivity contribution in [3.05, 3.63) is 140 Å². The normalized spacial score (nSPS) is 18.5. The molecule has 4 aliphatic heterocycles. The maximum Gasteiger partial charge on any atom is 0.272 e. The van der Waals surface area contributed by atoms with Gasteiger partial charge in [-0.25, -0.2) is 0 Å². The van der Waals surface area contributed by atoms with Gasteiger partial charge in [-0.1, -0.05) is 71.2 Å². The molecule has 55 heavy (non-hydrogen) atoms. The lowest BCUT2D eigenvalue weighted by molar-refractivity contribution is -0.125. The SMILES string of the molecule is COc1ccc(N2CCC(N3CCNC(=O)C3)CC2)c(NC(=O)c2[nH]c3cc(Cl)cc4c3c2C2=C(c3ccccc3)C=C=CN2C4c2ccc(Cl)cc2Cl)c1. The quantitative estimate of drug-likeness (QED) is 0.143. The first-order valence-electron chi connectivity index (χ1n) is 18.3. The van der Waals surface area contributed by atoms with Crippen molar-refractivity contribution in [1.82, 2.24) is 20.1 Å². The summed E-state index contributed by atoms with van der Waals surface area (Å²) in [6, 6.07) is 25.2. The van der Waals surface area contributed by atoms with Gasteiger partial charge in [0.15, 0.2) is 0 Å². The van der Waals surface area contributed by atoms with Crippen LogP contribution in [-0.4, -0.2) is 72.5 Å². The number of nitrogens with zero attached hydrogens (tertiary/aromatic N) is 3. The molecule has 0 saturated carbocycles. The average Bonchev–Trinajstić information content (AvgIpc) is 3.58. The number of amides is 2. The average molecular weight is 792 g/mol. The van der Waals surface area contributed by atoms with Gasteiger partial charge in [0.1, 0.15) is 11.4 Å². The van der Waals surface area contributed by atoms with E-state index in [9.17, 15) is 9.59 Å². The Morgan fingerprint density at radius 1 is 0.927 bits per heavy atom. The van der Waals surface area contributed by atoms with Crippen LogP contribution in [0.3, 0.4) is 0 Å². The van der Waals surface area contributed by atoms with Crippen LogP contribution in [0.4, 0.5) is 11.4 Å². The van der Waals surface area contributed by atoms with Gasteiger partial charge in [-0.2, -0.15) is 0 Å². The number of H-pyrrole nitrogens is 1. The number of piperidine rings is 1. The van der Waals surface area contributed by atoms with Crippen molar-refractivity contribution in [2.24, 2.45) is 0 Å². The number of rotatable bonds is 7. The third-order valence-corrected chi connectivity index (χ3v) is 11.8. The van der Waals surface area contributed by atoms with Gasteiger partial charge in [-0.3, -0.25) is 14.5 Å². The minimum Gasteiger partial charge on any atom is -0.497 e. The number of fused-ring (bicyclic) bond motifs is 2. The molecule has 2 amide bonds. The molecule has 5 heterocycles. The van der Waals surface area contributed by atoms with Crippen LogP contribution in [0, 0.1) is 0 Å². The number of aromatic amines is 1. The molecule has 1 atom stereocenters. The minimum atomic E-state index is -0.396. The molecule has 9 nitrogen and oxygen atoms in total. The summed E-state index contributed by atoms with van der Waals surface area (Å²) < 4.78 is 5.64. The monoisotopic (exact) mass is 790 g/mol. The van der Waals surface area contributed by atoms with Crippen molar-refractivity contribution in [2.75, 3.05) is 50.1 Å². The van der Waals surface area contributed by atoms with Crippen LogP contribution in [0.1, 0.15) is 51.6 Å². The van der Waals surface area contributed by atoms with Crippen LogP contribution in [0.5, 0.6) is 5.75 Å². The fourth-order valence-corrected chi connectivity index (χ4v) is 9.30. The lowest BCUT2D eigenvalue weighted by Crippen LogP contribution is -2.54. The Morgan fingerprint density at radius 2 is 1.75 bits per heavy atom. The molecule has 278 valence electrons. The van der Waals surface area contributed by atoms with Crippen molar-refractivity contribution >= 4 is 80.2 Å². The lowest BCUT2D eigenvalue weighted by atomic mass is 9.84. The van der Waals surface area contributed by atoms with E-state index in [1.54, 1.807) is 13.2 Å². The van der Waals surface area contributed by atoms with Gasteiger partial charge in [0.05, 0.1) is 36.8 Å². The summed E-state index contributed by atoms with van der Waals surface area (Å²) in [5, 5.41) is 8.66. The summed E-state index contributed by atoms with van der Waals surface area (Å²) in [4.78, 5) is 37.2. The largest absolute Gasteiger partial charge is 0.497 e. The standard InChI is InChI=1S/C43H37Cl3N6O3/c1-55-29-10-12-36(50-17-13-28(14-18-50)51-19-15-47-37(53)24-51)34(23-29)49-43(54)40-39-38-32(20-27(45)22-35(38)48-40)41(31-11-9-26(44)21-33(31)46)52-16-5-8-30(42(39)52)25-6-3-2-4-7-25/h2-4,6-12,16,20-23,28,41,48H,13-15,17-19,24H2,1H3,(H,47,53)(H,49,54). The first-order valence-corrected chi connectivity index (χ1v) is 19.5. The van der Waals surface area contributed by atoms with E-state index in [4.69, 9.17) is 39.5 Å². The molecule has 9 rings (SSSR count). The Morgan fingerprint density at radius 3 is 2.51 bits per heavy atom. The molecule has 2 fully saturated rings. The first-order chi connectivity index (χ1) is 26.8. The molecule has 0 bridgehead atoms. The number of methoxy groups -OCH3 is 1. The summed E-state index contributed by atoms with van der Waals surface area (Å²) in [5.74, 6) is 0.405. The third-order valence-electron chi connectivity index (χ3n) is 11.1. The zero-order chi connectivity index (χ0) is 37.8. The highest BCUT2D eigenvalue weighted by Gasteiger charge is 2.40. The van der Waals surface area contributed by atoms with Crippen LogP contribution >= 0.6 is 34.8 Å². The Hall–Kier alpha value is -5.15. The number of hydrogen-bond donors (Lipinski definition) is 3. The second kappa shape index (κ2) is 14.5. The van der Waals surface area contributed by atoms with E-state index in [0.717, 1.165) is 82.6 Å². The Bertz CT molecular complexity index is 2460. The Balaban J connectivity index is 1.15. The van der Waals surface area contributed by atoms with E-state index < -0.39 is 6.04 Å². The lowest BCUT2D eigenvalue weighted by Gasteiger charge is -2.41. The molecule has 0 radical (unpaired) electrons. The number of anilines is 2. The molecule has 0 aliphatic carbocycles. The van der Waals surface area contributed by atoms with Gasteiger partial charge < -0.3 is 30.2 Å². The van der Waals surface area contributed by atoms with Gasteiger partial charge in [-0.15, -0.1) is 5.73 Å². The van der Waals surface area contributed by atoms with E-state index >= 15 is 0 Å². The second-order valence-electron chi connectivity index (χ2n) is 14.2. The van der Waals surface area contributed by atoms with Crippen molar-refractivity contribution in [2.45, 2.75) is 24.9 Å². The van der Waals surface area contributed by atoms with Crippen molar-refractivity contribution < 1.29 is 14.3 Å². The van der Waals surface area contributed by atoms with Crippen LogP contribution in [0.25, 0.3) is 22.2 Å². The smallest absolute Gasteiger partial charge is 0.272 e. The maximum absolute atomic E-state index is 14.9. The van der Waals surface area contributed by atoms with Gasteiger partial charge in [-0.05, 0) is 72.0 Å². The number of halogens is 3. The fraction of sp³-hybridized carbons (Fsp3) is 0.233. The van der Waals surface area contributed by atoms with Crippen molar-refractivity contribution in [3.63, 3.8) is 0 Å². The number of hydrogen-bond acceptors (Lipinski definition) is 6. The highest BCUT2D eigenvalue weighted by Crippen LogP contribution is 2.52.